The molecule has 0 aliphatic heterocycles. The molecule has 1 fully saturated rings. The third-order valence-corrected chi connectivity index (χ3v) is 4.58. The van der Waals surface area contributed by atoms with Crippen molar-refractivity contribution < 1.29 is 14.7 Å². The van der Waals surface area contributed by atoms with E-state index in [0.29, 0.717) is 24.5 Å². The summed E-state index contributed by atoms with van der Waals surface area (Å²) in [7, 11) is 0. The summed E-state index contributed by atoms with van der Waals surface area (Å²) in [5, 5.41) is 8.59. The summed E-state index contributed by atoms with van der Waals surface area (Å²) in [6.45, 7) is 2.22. The molecule has 2 unspecified atom stereocenters. The summed E-state index contributed by atoms with van der Waals surface area (Å²) in [6, 6.07) is 0. The largest absolute Gasteiger partial charge is 0.481 e. The van der Waals surface area contributed by atoms with Gasteiger partial charge in [0.1, 0.15) is 5.78 Å². The molecule has 1 N–H and O–H groups in total. The molecule has 3 heteroatoms. The van der Waals surface area contributed by atoms with Gasteiger partial charge in [0.15, 0.2) is 0 Å². The molecule has 0 spiro atoms. The monoisotopic (exact) mass is 320 g/mol. The van der Waals surface area contributed by atoms with E-state index in [9.17, 15) is 9.59 Å². The van der Waals surface area contributed by atoms with Gasteiger partial charge in [-0.05, 0) is 44.4 Å². The minimum atomic E-state index is -0.742. The van der Waals surface area contributed by atoms with Gasteiger partial charge in [0.2, 0.25) is 0 Å². The van der Waals surface area contributed by atoms with Crippen molar-refractivity contribution in [1.29, 1.82) is 0 Å². The van der Waals surface area contributed by atoms with Crippen molar-refractivity contribution in [1.82, 2.24) is 0 Å². The smallest absolute Gasteiger partial charge is 0.303 e. The third kappa shape index (κ3) is 8.73. The maximum absolute atomic E-state index is 12.0. The van der Waals surface area contributed by atoms with E-state index < -0.39 is 5.97 Å². The van der Waals surface area contributed by atoms with E-state index in [1.54, 1.807) is 0 Å². The minimum Gasteiger partial charge on any atom is -0.481 e. The Balaban J connectivity index is 2.27. The Bertz CT molecular complexity index is 409. The van der Waals surface area contributed by atoms with Crippen LogP contribution >= 0.6 is 0 Å². The first kappa shape index (κ1) is 19.7. The lowest BCUT2D eigenvalue weighted by molar-refractivity contribution is -0.137. The second kappa shape index (κ2) is 12.1. The molecule has 0 aromatic carbocycles. The molecule has 1 aliphatic rings. The number of Topliss-reactive ketones (excluding diaryl/α,β-unsaturated/α-hetero) is 1. The van der Waals surface area contributed by atoms with Gasteiger partial charge in [-0.25, -0.2) is 0 Å². The van der Waals surface area contributed by atoms with Crippen molar-refractivity contribution in [2.45, 2.75) is 77.6 Å². The van der Waals surface area contributed by atoms with Crippen LogP contribution in [-0.4, -0.2) is 16.9 Å². The molecule has 0 heterocycles. The number of carboxylic acid groups (broad SMARTS) is 1. The lowest BCUT2D eigenvalue weighted by atomic mass is 9.91. The molecule has 1 rings (SSSR count). The van der Waals surface area contributed by atoms with E-state index in [-0.39, 0.29) is 12.3 Å². The summed E-state index contributed by atoms with van der Waals surface area (Å²) in [6.07, 6.45) is 19.1. The van der Waals surface area contributed by atoms with Crippen LogP contribution < -0.4 is 0 Å². The van der Waals surface area contributed by atoms with Crippen LogP contribution in [0.15, 0.2) is 24.3 Å². The second-order valence-corrected chi connectivity index (χ2v) is 6.55. The molecule has 0 bridgehead atoms. The highest BCUT2D eigenvalue weighted by molar-refractivity contribution is 5.83. The van der Waals surface area contributed by atoms with Crippen LogP contribution in [0.3, 0.4) is 0 Å². The third-order valence-electron chi connectivity index (χ3n) is 4.58. The maximum Gasteiger partial charge on any atom is 0.303 e. The van der Waals surface area contributed by atoms with Crippen LogP contribution in [0.2, 0.25) is 0 Å². The topological polar surface area (TPSA) is 54.4 Å². The fraction of sp³-hybridized carbons (Fsp3) is 0.700. The quantitative estimate of drug-likeness (QED) is 0.391. The van der Waals surface area contributed by atoms with Gasteiger partial charge in [-0.1, -0.05) is 50.5 Å². The number of hydrogen-bond donors (Lipinski definition) is 1. The van der Waals surface area contributed by atoms with E-state index in [1.165, 1.54) is 25.7 Å². The number of carboxylic acids is 1. The van der Waals surface area contributed by atoms with Gasteiger partial charge in [0, 0.05) is 18.8 Å². The zero-order chi connectivity index (χ0) is 16.9. The molecule has 3 nitrogen and oxygen atoms in total. The Kier molecular flexibility index (Phi) is 10.3. The van der Waals surface area contributed by atoms with Gasteiger partial charge in [-0.2, -0.15) is 0 Å². The zero-order valence-corrected chi connectivity index (χ0v) is 14.5. The minimum absolute atomic E-state index is 0.137. The van der Waals surface area contributed by atoms with Crippen LogP contribution in [0, 0.1) is 11.8 Å². The van der Waals surface area contributed by atoms with Gasteiger partial charge < -0.3 is 5.11 Å². The molecule has 130 valence electrons. The highest BCUT2D eigenvalue weighted by atomic mass is 16.4. The summed E-state index contributed by atoms with van der Waals surface area (Å²) >= 11 is 0. The first-order valence-corrected chi connectivity index (χ1v) is 9.21. The number of carbonyl (C=O) groups excluding carboxylic acids is 1. The van der Waals surface area contributed by atoms with Gasteiger partial charge >= 0.3 is 5.97 Å². The predicted molar refractivity (Wildman–Crippen MR) is 94.4 cm³/mol. The van der Waals surface area contributed by atoms with E-state index in [1.807, 2.05) is 6.08 Å². The van der Waals surface area contributed by atoms with Crippen molar-refractivity contribution in [3.05, 3.63) is 24.3 Å². The zero-order valence-electron chi connectivity index (χ0n) is 14.5. The van der Waals surface area contributed by atoms with Gasteiger partial charge in [-0.3, -0.25) is 9.59 Å². The van der Waals surface area contributed by atoms with Gasteiger partial charge in [0.05, 0.1) is 0 Å². The Labute approximate surface area is 140 Å². The molecule has 0 aromatic rings. The Morgan fingerprint density at radius 1 is 1.13 bits per heavy atom. The van der Waals surface area contributed by atoms with Crippen LogP contribution in [-0.2, 0) is 9.59 Å². The second-order valence-electron chi connectivity index (χ2n) is 6.55. The number of rotatable bonds is 12. The SMILES string of the molecule is CCCCCCC=CC1CCC(=O)C1CC=CCCCC(=O)O. The number of unbranched alkanes of at least 4 members (excludes halogenated alkanes) is 5. The predicted octanol–water partition coefficient (Wildman–Crippen LogP) is 5.31. The average molecular weight is 320 g/mol. The average Bonchev–Trinajstić information content (AvgIpc) is 2.86. The van der Waals surface area contributed by atoms with E-state index in [0.717, 1.165) is 25.7 Å². The Hall–Kier alpha value is -1.38. The van der Waals surface area contributed by atoms with Crippen molar-refractivity contribution in [2.75, 3.05) is 0 Å². The highest BCUT2D eigenvalue weighted by Crippen LogP contribution is 2.32. The molecule has 0 aromatic heterocycles. The highest BCUT2D eigenvalue weighted by Gasteiger charge is 2.31. The van der Waals surface area contributed by atoms with Gasteiger partial charge in [0.25, 0.3) is 0 Å². The molecule has 1 saturated carbocycles. The summed E-state index contributed by atoms with van der Waals surface area (Å²) in [5.74, 6) is 0.185. The molecule has 2 atom stereocenters. The van der Waals surface area contributed by atoms with Crippen molar-refractivity contribution >= 4 is 11.8 Å². The number of aliphatic carboxylic acids is 1. The normalized spacial score (nSPS) is 21.7. The molecule has 0 saturated heterocycles. The van der Waals surface area contributed by atoms with Crippen LogP contribution in [0.1, 0.15) is 77.6 Å². The van der Waals surface area contributed by atoms with Crippen molar-refractivity contribution in [3.8, 4) is 0 Å². The number of ketones is 1. The summed E-state index contributed by atoms with van der Waals surface area (Å²) in [4.78, 5) is 22.5. The molecule has 1 aliphatic carbocycles. The van der Waals surface area contributed by atoms with Crippen molar-refractivity contribution in [3.63, 3.8) is 0 Å². The summed E-state index contributed by atoms with van der Waals surface area (Å²) < 4.78 is 0. The standard InChI is InChI=1S/C20H32O3/c1-2-3-4-5-6-9-12-17-15-16-19(21)18(17)13-10-7-8-11-14-20(22)23/h7,9-10,12,17-18H,2-6,8,11,13-16H2,1H3,(H,22,23). The van der Waals surface area contributed by atoms with E-state index in [2.05, 4.69) is 25.2 Å². The Morgan fingerprint density at radius 3 is 2.65 bits per heavy atom. The number of hydrogen-bond acceptors (Lipinski definition) is 2. The first-order valence-electron chi connectivity index (χ1n) is 9.21. The van der Waals surface area contributed by atoms with E-state index in [4.69, 9.17) is 5.11 Å². The number of carbonyl (C=O) groups is 2. The number of allylic oxidation sites excluding steroid dienone is 4. The molecule has 0 radical (unpaired) electrons. The van der Waals surface area contributed by atoms with Crippen LogP contribution in [0.5, 0.6) is 0 Å². The molecular weight excluding hydrogens is 288 g/mol. The molecular formula is C20H32O3. The lowest BCUT2D eigenvalue weighted by Gasteiger charge is -2.12. The van der Waals surface area contributed by atoms with Gasteiger partial charge in [-0.15, -0.1) is 0 Å². The fourth-order valence-corrected chi connectivity index (χ4v) is 3.16. The van der Waals surface area contributed by atoms with Crippen LogP contribution in [0.25, 0.3) is 0 Å². The Morgan fingerprint density at radius 2 is 1.91 bits per heavy atom. The fourth-order valence-electron chi connectivity index (χ4n) is 3.16. The molecule has 23 heavy (non-hydrogen) atoms. The van der Waals surface area contributed by atoms with Crippen molar-refractivity contribution in [2.24, 2.45) is 11.8 Å². The van der Waals surface area contributed by atoms with E-state index >= 15 is 0 Å². The molecule has 0 amide bonds. The lowest BCUT2D eigenvalue weighted by Crippen LogP contribution is -2.12. The maximum atomic E-state index is 12.0. The first-order chi connectivity index (χ1) is 11.1. The summed E-state index contributed by atoms with van der Waals surface area (Å²) in [5.41, 5.74) is 0. The van der Waals surface area contributed by atoms with Crippen LogP contribution in [0.4, 0.5) is 0 Å².